The summed E-state index contributed by atoms with van der Waals surface area (Å²) in [6.07, 6.45) is 1.88. The van der Waals surface area contributed by atoms with Crippen LogP contribution in [0.25, 0.3) is 5.69 Å². The van der Waals surface area contributed by atoms with E-state index in [0.29, 0.717) is 0 Å². The lowest BCUT2D eigenvalue weighted by molar-refractivity contribution is 0.00578. The Morgan fingerprint density at radius 1 is 1.05 bits per heavy atom. The Morgan fingerprint density at radius 3 is 2.14 bits per heavy atom. The molecule has 0 N–H and O–H groups in total. The van der Waals surface area contributed by atoms with Gasteiger partial charge < -0.3 is 13.9 Å². The minimum atomic E-state index is -0.495. The molecule has 116 valence electrons. The van der Waals surface area contributed by atoms with Crippen molar-refractivity contribution in [3.8, 4) is 5.69 Å². The zero-order valence-corrected chi connectivity index (χ0v) is 13.6. The van der Waals surface area contributed by atoms with Gasteiger partial charge in [-0.1, -0.05) is 0 Å². The van der Waals surface area contributed by atoms with Gasteiger partial charge in [-0.3, -0.25) is 0 Å². The lowest BCUT2D eigenvalue weighted by Gasteiger charge is -2.32. The molecule has 2 aromatic rings. The third-order valence-corrected chi connectivity index (χ3v) is 4.50. The average Bonchev–Trinajstić information content (AvgIpc) is 2.89. The van der Waals surface area contributed by atoms with Crippen LogP contribution in [0.3, 0.4) is 0 Å². The maximum Gasteiger partial charge on any atom is 0.516 e. The van der Waals surface area contributed by atoms with Crippen LogP contribution in [0.5, 0.6) is 0 Å². The standard InChI is InChI=1S/C16H20BFN2O2/c1-11-19-14(17-21-15(2,3)16(4,5)22-17)10-20(11)13-8-6-12(18)7-9-13/h6-10H,1-5H3. The van der Waals surface area contributed by atoms with E-state index in [2.05, 4.69) is 4.98 Å². The SMILES string of the molecule is Cc1nc(B2OC(C)(C)C(C)(C)O2)cn1-c1ccc(F)cc1. The summed E-state index contributed by atoms with van der Waals surface area (Å²) in [4.78, 5) is 4.54. The Kier molecular flexibility index (Phi) is 3.42. The Labute approximate surface area is 130 Å². The minimum absolute atomic E-state index is 0.257. The summed E-state index contributed by atoms with van der Waals surface area (Å²) in [6.45, 7) is 9.94. The van der Waals surface area contributed by atoms with E-state index in [1.54, 1.807) is 12.1 Å². The Hall–Kier alpha value is -1.66. The Bertz CT molecular complexity index is 679. The maximum atomic E-state index is 13.1. The fourth-order valence-corrected chi connectivity index (χ4v) is 2.44. The topological polar surface area (TPSA) is 36.3 Å². The highest BCUT2D eigenvalue weighted by Gasteiger charge is 2.52. The summed E-state index contributed by atoms with van der Waals surface area (Å²) >= 11 is 0. The molecule has 1 aliphatic rings. The number of halogens is 1. The summed E-state index contributed by atoms with van der Waals surface area (Å²) in [5.41, 5.74) is 0.783. The fourth-order valence-electron chi connectivity index (χ4n) is 2.44. The second-order valence-corrected chi connectivity index (χ2v) is 6.65. The van der Waals surface area contributed by atoms with Crippen LogP contribution in [0.15, 0.2) is 30.5 Å². The van der Waals surface area contributed by atoms with Gasteiger partial charge in [-0.2, -0.15) is 0 Å². The second kappa shape index (κ2) is 4.93. The third-order valence-electron chi connectivity index (χ3n) is 4.50. The predicted molar refractivity (Wildman–Crippen MR) is 84.0 cm³/mol. The highest BCUT2D eigenvalue weighted by molar-refractivity contribution is 6.61. The molecule has 0 aliphatic carbocycles. The van der Waals surface area contributed by atoms with Gasteiger partial charge in [0.15, 0.2) is 0 Å². The normalized spacial score (nSPS) is 19.6. The van der Waals surface area contributed by atoms with E-state index in [4.69, 9.17) is 9.31 Å². The molecule has 0 bridgehead atoms. The summed E-state index contributed by atoms with van der Waals surface area (Å²) in [7, 11) is -0.495. The van der Waals surface area contributed by atoms with Crippen LogP contribution in [-0.4, -0.2) is 27.9 Å². The van der Waals surface area contributed by atoms with Gasteiger partial charge in [-0.15, -0.1) is 0 Å². The van der Waals surface area contributed by atoms with Crippen molar-refractivity contribution < 1.29 is 13.7 Å². The van der Waals surface area contributed by atoms with Gasteiger partial charge in [-0.05, 0) is 58.9 Å². The molecule has 0 spiro atoms. The second-order valence-electron chi connectivity index (χ2n) is 6.65. The number of nitrogens with zero attached hydrogens (tertiary/aromatic N) is 2. The van der Waals surface area contributed by atoms with Gasteiger partial charge in [-0.25, -0.2) is 9.37 Å². The highest BCUT2D eigenvalue weighted by Crippen LogP contribution is 2.36. The molecule has 6 heteroatoms. The van der Waals surface area contributed by atoms with E-state index in [1.807, 2.05) is 45.4 Å². The lowest BCUT2D eigenvalue weighted by Crippen LogP contribution is -2.41. The lowest BCUT2D eigenvalue weighted by atomic mass is 9.86. The van der Waals surface area contributed by atoms with Crippen molar-refractivity contribution in [2.45, 2.75) is 45.8 Å². The molecule has 0 saturated carbocycles. The molecule has 1 aromatic heterocycles. The van der Waals surface area contributed by atoms with Crippen molar-refractivity contribution in [1.82, 2.24) is 9.55 Å². The molecule has 2 heterocycles. The van der Waals surface area contributed by atoms with Crippen LogP contribution in [0.2, 0.25) is 0 Å². The highest BCUT2D eigenvalue weighted by atomic mass is 19.1. The van der Waals surface area contributed by atoms with E-state index in [1.165, 1.54) is 12.1 Å². The number of aryl methyl sites for hydroxylation is 1. The monoisotopic (exact) mass is 302 g/mol. The van der Waals surface area contributed by atoms with Crippen LogP contribution in [0, 0.1) is 12.7 Å². The third kappa shape index (κ3) is 2.46. The van der Waals surface area contributed by atoms with E-state index in [-0.39, 0.29) is 5.82 Å². The van der Waals surface area contributed by atoms with Gasteiger partial charge in [0.1, 0.15) is 11.6 Å². The van der Waals surface area contributed by atoms with Gasteiger partial charge in [0, 0.05) is 11.9 Å². The molecule has 1 aromatic carbocycles. The van der Waals surface area contributed by atoms with Crippen molar-refractivity contribution in [3.63, 3.8) is 0 Å². The van der Waals surface area contributed by atoms with E-state index in [0.717, 1.165) is 17.1 Å². The first-order valence-electron chi connectivity index (χ1n) is 7.37. The van der Waals surface area contributed by atoms with Crippen molar-refractivity contribution >= 4 is 12.7 Å². The summed E-state index contributed by atoms with van der Waals surface area (Å²) in [5, 5.41) is 0. The predicted octanol–water partition coefficient (Wildman–Crippen LogP) is 2.62. The quantitative estimate of drug-likeness (QED) is 0.800. The molecule has 0 unspecified atom stereocenters. The number of hydrogen-bond acceptors (Lipinski definition) is 3. The van der Waals surface area contributed by atoms with E-state index < -0.39 is 18.3 Å². The molecule has 4 nitrogen and oxygen atoms in total. The summed E-state index contributed by atoms with van der Waals surface area (Å²) in [6, 6.07) is 6.31. The van der Waals surface area contributed by atoms with E-state index in [9.17, 15) is 4.39 Å². The van der Waals surface area contributed by atoms with E-state index >= 15 is 0 Å². The molecule has 1 aliphatic heterocycles. The molecule has 1 saturated heterocycles. The van der Waals surface area contributed by atoms with Gasteiger partial charge in [0.2, 0.25) is 0 Å². The first-order chi connectivity index (χ1) is 10.2. The van der Waals surface area contributed by atoms with Gasteiger partial charge in [0.25, 0.3) is 0 Å². The molecular weight excluding hydrogens is 282 g/mol. The van der Waals surface area contributed by atoms with Crippen LogP contribution < -0.4 is 5.59 Å². The first kappa shape index (κ1) is 15.2. The summed E-state index contributed by atoms with van der Waals surface area (Å²) in [5.74, 6) is 0.545. The van der Waals surface area contributed by atoms with Crippen LogP contribution in [0.4, 0.5) is 4.39 Å². The van der Waals surface area contributed by atoms with Crippen LogP contribution in [-0.2, 0) is 9.31 Å². The summed E-state index contributed by atoms with van der Waals surface area (Å²) < 4.78 is 27.0. The molecule has 22 heavy (non-hydrogen) atoms. The van der Waals surface area contributed by atoms with Gasteiger partial charge in [0.05, 0.1) is 16.8 Å². The smallest absolute Gasteiger partial charge is 0.398 e. The van der Waals surface area contributed by atoms with Crippen LogP contribution >= 0.6 is 0 Å². The maximum absolute atomic E-state index is 13.1. The van der Waals surface area contributed by atoms with Crippen LogP contribution in [0.1, 0.15) is 33.5 Å². The minimum Gasteiger partial charge on any atom is -0.398 e. The number of benzene rings is 1. The number of imidazole rings is 1. The largest absolute Gasteiger partial charge is 0.516 e. The molecule has 1 fully saturated rings. The zero-order chi connectivity index (χ0) is 16.1. The average molecular weight is 302 g/mol. The van der Waals surface area contributed by atoms with Crippen molar-refractivity contribution in [2.24, 2.45) is 0 Å². The zero-order valence-electron chi connectivity index (χ0n) is 13.6. The molecule has 0 atom stereocenters. The number of aromatic nitrogens is 2. The van der Waals surface area contributed by atoms with Crippen molar-refractivity contribution in [1.29, 1.82) is 0 Å². The first-order valence-corrected chi connectivity index (χ1v) is 7.37. The Balaban J connectivity index is 1.92. The Morgan fingerprint density at radius 2 is 1.59 bits per heavy atom. The molecule has 0 radical (unpaired) electrons. The molecular formula is C16H20BFN2O2. The molecule has 3 rings (SSSR count). The van der Waals surface area contributed by atoms with Gasteiger partial charge >= 0.3 is 7.12 Å². The van der Waals surface area contributed by atoms with Crippen molar-refractivity contribution in [3.05, 3.63) is 42.1 Å². The number of rotatable bonds is 2. The fraction of sp³-hybridized carbons (Fsp3) is 0.438. The number of hydrogen-bond donors (Lipinski definition) is 0. The molecule has 0 amide bonds. The van der Waals surface area contributed by atoms with Crippen molar-refractivity contribution in [2.75, 3.05) is 0 Å².